The van der Waals surface area contributed by atoms with Crippen LogP contribution in [0.2, 0.25) is 0 Å². The molecule has 0 unspecified atom stereocenters. The minimum atomic E-state index is -0.380. The standard InChI is InChI=1S/C6H3NO3/c7-2-1-3(8)5-6(10-5)4(2)9/h1H,7H2. The van der Waals surface area contributed by atoms with Crippen molar-refractivity contribution in [3.63, 3.8) is 0 Å². The summed E-state index contributed by atoms with van der Waals surface area (Å²) in [5.74, 6) is 0. The molecule has 0 saturated carbocycles. The first-order chi connectivity index (χ1) is 4.70. The van der Waals surface area contributed by atoms with Gasteiger partial charge in [0, 0.05) is 6.07 Å². The van der Waals surface area contributed by atoms with Gasteiger partial charge in [-0.3, -0.25) is 9.59 Å². The third-order valence-electron chi connectivity index (χ3n) is 1.35. The summed E-state index contributed by atoms with van der Waals surface area (Å²) in [5, 5.41) is 0. The lowest BCUT2D eigenvalue weighted by molar-refractivity contribution is 0.636. The van der Waals surface area contributed by atoms with Crippen molar-refractivity contribution < 1.29 is 4.42 Å². The second-order valence-electron chi connectivity index (χ2n) is 2.05. The van der Waals surface area contributed by atoms with Crippen LogP contribution in [-0.2, 0) is 0 Å². The molecule has 2 rings (SSSR count). The maximum atomic E-state index is 10.8. The first-order valence-corrected chi connectivity index (χ1v) is 2.68. The first kappa shape index (κ1) is 5.22. The van der Waals surface area contributed by atoms with E-state index < -0.39 is 0 Å². The summed E-state index contributed by atoms with van der Waals surface area (Å²) in [4.78, 5) is 21.5. The summed E-state index contributed by atoms with van der Waals surface area (Å²) >= 11 is 0. The first-order valence-electron chi connectivity index (χ1n) is 2.68. The molecule has 0 aromatic heterocycles. The molecule has 0 aromatic carbocycles. The molecule has 2 aliphatic rings. The van der Waals surface area contributed by atoms with Gasteiger partial charge in [0.15, 0.2) is 0 Å². The molecule has 0 spiro atoms. The molecule has 10 heavy (non-hydrogen) atoms. The molecule has 0 bridgehead atoms. The van der Waals surface area contributed by atoms with E-state index >= 15 is 0 Å². The Hall–Kier alpha value is -1.58. The molecule has 0 radical (unpaired) electrons. The molecule has 4 nitrogen and oxygen atoms in total. The van der Waals surface area contributed by atoms with Crippen LogP contribution in [0.1, 0.15) is 0 Å². The van der Waals surface area contributed by atoms with Crippen LogP contribution in [0.3, 0.4) is 0 Å². The van der Waals surface area contributed by atoms with Crippen LogP contribution in [0.25, 0.3) is 0 Å². The van der Waals surface area contributed by atoms with E-state index in [9.17, 15) is 9.59 Å². The largest absolute Gasteiger partial charge is 0.441 e. The second kappa shape index (κ2) is 1.29. The van der Waals surface area contributed by atoms with Gasteiger partial charge in [0.25, 0.3) is 0 Å². The van der Waals surface area contributed by atoms with E-state index in [1.54, 1.807) is 0 Å². The second-order valence-corrected chi connectivity index (χ2v) is 2.05. The van der Waals surface area contributed by atoms with Crippen LogP contribution >= 0.6 is 0 Å². The van der Waals surface area contributed by atoms with Gasteiger partial charge in [-0.05, 0) is 0 Å². The molecule has 0 aromatic rings. The van der Waals surface area contributed by atoms with E-state index in [1.165, 1.54) is 0 Å². The molecule has 0 amide bonds. The Morgan fingerprint density at radius 1 is 1.30 bits per heavy atom. The SMILES string of the molecule is Nc1cc(=O)c2oc=2c1=O. The van der Waals surface area contributed by atoms with Crippen molar-refractivity contribution in [1.29, 1.82) is 0 Å². The van der Waals surface area contributed by atoms with E-state index in [0.717, 1.165) is 6.07 Å². The average Bonchev–Trinajstić information content (AvgIpc) is 2.61. The highest BCUT2D eigenvalue weighted by Gasteiger charge is 2.12. The number of hydrogen-bond donors (Lipinski definition) is 1. The van der Waals surface area contributed by atoms with Crippen molar-refractivity contribution in [2.24, 2.45) is 0 Å². The van der Waals surface area contributed by atoms with Gasteiger partial charge in [-0.1, -0.05) is 0 Å². The van der Waals surface area contributed by atoms with Crippen LogP contribution in [0.5, 0.6) is 0 Å². The molecule has 0 atom stereocenters. The molecule has 4 heteroatoms. The molecular formula is C6H3NO3. The predicted octanol–water partition coefficient (Wildman–Crippen LogP) is -0.817. The van der Waals surface area contributed by atoms with Gasteiger partial charge < -0.3 is 10.2 Å². The highest BCUT2D eigenvalue weighted by molar-refractivity contribution is 5.37. The molecule has 2 N–H and O–H groups in total. The van der Waals surface area contributed by atoms with E-state index in [1.807, 2.05) is 0 Å². The molecule has 0 saturated heterocycles. The van der Waals surface area contributed by atoms with Crippen molar-refractivity contribution in [2.45, 2.75) is 0 Å². The van der Waals surface area contributed by atoms with Crippen molar-refractivity contribution >= 4 is 5.69 Å². The van der Waals surface area contributed by atoms with Crippen LogP contribution < -0.4 is 16.6 Å². The monoisotopic (exact) mass is 137 g/mol. The van der Waals surface area contributed by atoms with Crippen LogP contribution in [0.4, 0.5) is 5.69 Å². The summed E-state index contributed by atoms with van der Waals surface area (Å²) in [6, 6.07) is 1.08. The fourth-order valence-electron chi connectivity index (χ4n) is 0.792. The van der Waals surface area contributed by atoms with Crippen LogP contribution in [0.15, 0.2) is 20.1 Å². The topological polar surface area (TPSA) is 73.3 Å². The number of nitrogens with two attached hydrogens (primary N) is 1. The van der Waals surface area contributed by atoms with Gasteiger partial charge in [0.05, 0.1) is 5.69 Å². The van der Waals surface area contributed by atoms with E-state index in [2.05, 4.69) is 4.42 Å². The minimum absolute atomic E-state index is 0.0405. The zero-order valence-corrected chi connectivity index (χ0v) is 4.88. The normalized spacial score (nSPS) is 11.2. The van der Waals surface area contributed by atoms with Crippen LogP contribution in [-0.4, -0.2) is 0 Å². The smallest absolute Gasteiger partial charge is 0.247 e. The zero-order valence-electron chi connectivity index (χ0n) is 4.88. The van der Waals surface area contributed by atoms with Gasteiger partial charge >= 0.3 is 0 Å². The molecule has 50 valence electrons. The Labute approximate surface area is 54.2 Å². The number of nitrogen functional groups attached to an aromatic ring is 1. The van der Waals surface area contributed by atoms with Crippen molar-refractivity contribution in [1.82, 2.24) is 0 Å². The summed E-state index contributed by atoms with van der Waals surface area (Å²) in [7, 11) is 0. The molecule has 0 fully saturated rings. The van der Waals surface area contributed by atoms with Crippen molar-refractivity contribution in [3.05, 3.63) is 37.3 Å². The Kier molecular flexibility index (Phi) is 0.672. The zero-order chi connectivity index (χ0) is 7.30. The third-order valence-corrected chi connectivity index (χ3v) is 1.35. The summed E-state index contributed by atoms with van der Waals surface area (Å²) in [6.45, 7) is 0. The highest BCUT2D eigenvalue weighted by Crippen LogP contribution is 1.98. The minimum Gasteiger partial charge on any atom is -0.441 e. The third kappa shape index (κ3) is 0.452. The Balaban J connectivity index is 3.19. The quantitative estimate of drug-likeness (QED) is 0.515. The fraction of sp³-hybridized carbons (Fsp3) is 0. The summed E-state index contributed by atoms with van der Waals surface area (Å²) in [5.41, 5.74) is 4.70. The van der Waals surface area contributed by atoms with Crippen molar-refractivity contribution in [3.8, 4) is 0 Å². The molecule has 1 heterocycles. The van der Waals surface area contributed by atoms with E-state index in [4.69, 9.17) is 5.73 Å². The predicted molar refractivity (Wildman–Crippen MR) is 33.3 cm³/mol. The average molecular weight is 137 g/mol. The maximum absolute atomic E-state index is 10.8. The molecular weight excluding hydrogens is 134 g/mol. The summed E-state index contributed by atoms with van der Waals surface area (Å²) in [6.07, 6.45) is 0. The lowest BCUT2D eigenvalue weighted by atomic mass is 10.3. The molecule has 1 aliphatic carbocycles. The number of rotatable bonds is 0. The number of hydrogen-bond acceptors (Lipinski definition) is 4. The van der Waals surface area contributed by atoms with E-state index in [0.29, 0.717) is 0 Å². The van der Waals surface area contributed by atoms with Gasteiger partial charge in [-0.25, -0.2) is 0 Å². The van der Waals surface area contributed by atoms with E-state index in [-0.39, 0.29) is 27.4 Å². The van der Waals surface area contributed by atoms with Gasteiger partial charge in [0.2, 0.25) is 21.7 Å². The van der Waals surface area contributed by atoms with Gasteiger partial charge in [0.1, 0.15) is 0 Å². The Morgan fingerprint density at radius 3 is 2.70 bits per heavy atom. The Morgan fingerprint density at radius 2 is 2.00 bits per heavy atom. The molecule has 1 aliphatic heterocycles. The summed E-state index contributed by atoms with van der Waals surface area (Å²) < 4.78 is 4.57. The fourth-order valence-corrected chi connectivity index (χ4v) is 0.792. The Bertz CT molecular complexity index is 500. The van der Waals surface area contributed by atoms with Crippen LogP contribution in [0, 0.1) is 10.8 Å². The lowest BCUT2D eigenvalue weighted by Crippen LogP contribution is -2.10. The van der Waals surface area contributed by atoms with Gasteiger partial charge in [-0.2, -0.15) is 0 Å². The lowest BCUT2D eigenvalue weighted by Gasteiger charge is -1.77. The maximum Gasteiger partial charge on any atom is 0.247 e. The highest BCUT2D eigenvalue weighted by atomic mass is 16.4. The number of anilines is 1. The van der Waals surface area contributed by atoms with Crippen molar-refractivity contribution in [2.75, 3.05) is 5.73 Å². The van der Waals surface area contributed by atoms with Gasteiger partial charge in [-0.15, -0.1) is 0 Å².